The van der Waals surface area contributed by atoms with E-state index in [0.29, 0.717) is 0 Å². The standard InChI is InChI=1S/C6H6.C6H14.H2O/c1-2-4-6-5-3-1;1-3-5-6-4-2;/h1-6H;3-6H2,1-2H3;1H2. The minimum Gasteiger partial charge on any atom is -0.412 e. The number of unbranched alkanes of at least 4 members (excludes halogenated alkanes) is 3. The molecule has 0 aliphatic rings. The molecular weight excluding hydrogens is 160 g/mol. The van der Waals surface area contributed by atoms with Crippen molar-refractivity contribution in [2.45, 2.75) is 39.5 Å². The molecule has 0 radical (unpaired) electrons. The summed E-state index contributed by atoms with van der Waals surface area (Å²) in [5, 5.41) is 0. The van der Waals surface area contributed by atoms with Gasteiger partial charge in [-0.25, -0.2) is 0 Å². The molecule has 1 aromatic carbocycles. The SMILES string of the molecule is CCCCCC.O.c1ccccc1. The van der Waals surface area contributed by atoms with Gasteiger partial charge in [0.25, 0.3) is 0 Å². The summed E-state index contributed by atoms with van der Waals surface area (Å²) in [5.41, 5.74) is 0. The minimum absolute atomic E-state index is 0. The van der Waals surface area contributed by atoms with E-state index in [1.807, 2.05) is 36.4 Å². The number of rotatable bonds is 3. The average molecular weight is 182 g/mol. The van der Waals surface area contributed by atoms with Gasteiger partial charge in [-0.15, -0.1) is 0 Å². The van der Waals surface area contributed by atoms with Crippen molar-refractivity contribution in [3.8, 4) is 0 Å². The van der Waals surface area contributed by atoms with Crippen molar-refractivity contribution in [2.24, 2.45) is 0 Å². The third-order valence-electron chi connectivity index (χ3n) is 1.62. The maximum Gasteiger partial charge on any atom is -0.0536 e. The summed E-state index contributed by atoms with van der Waals surface area (Å²) in [6, 6.07) is 12.0. The van der Waals surface area contributed by atoms with Gasteiger partial charge in [0.1, 0.15) is 0 Å². The van der Waals surface area contributed by atoms with Crippen molar-refractivity contribution < 1.29 is 5.48 Å². The summed E-state index contributed by atoms with van der Waals surface area (Å²) in [6.07, 6.45) is 5.54. The average Bonchev–Trinajstić information content (AvgIpc) is 2.18. The van der Waals surface area contributed by atoms with Gasteiger partial charge in [-0.2, -0.15) is 0 Å². The lowest BCUT2D eigenvalue weighted by molar-refractivity contribution is 0.702. The van der Waals surface area contributed by atoms with Gasteiger partial charge >= 0.3 is 0 Å². The highest BCUT2D eigenvalue weighted by molar-refractivity contribution is 4.99. The van der Waals surface area contributed by atoms with Crippen molar-refractivity contribution in [1.82, 2.24) is 0 Å². The molecule has 0 atom stereocenters. The van der Waals surface area contributed by atoms with Gasteiger partial charge < -0.3 is 5.48 Å². The van der Waals surface area contributed by atoms with Gasteiger partial charge in [-0.3, -0.25) is 0 Å². The first-order chi connectivity index (χ1) is 5.91. The van der Waals surface area contributed by atoms with Crippen LogP contribution in [0.2, 0.25) is 0 Å². The van der Waals surface area contributed by atoms with E-state index in [4.69, 9.17) is 0 Å². The van der Waals surface area contributed by atoms with E-state index in [1.165, 1.54) is 25.7 Å². The Morgan fingerprint density at radius 1 is 0.615 bits per heavy atom. The first kappa shape index (κ1) is 14.7. The van der Waals surface area contributed by atoms with Gasteiger partial charge in [-0.05, 0) is 0 Å². The third kappa shape index (κ3) is 14.1. The summed E-state index contributed by atoms with van der Waals surface area (Å²) in [5.74, 6) is 0. The van der Waals surface area contributed by atoms with Crippen LogP contribution in [-0.4, -0.2) is 5.48 Å². The Balaban J connectivity index is 0. The van der Waals surface area contributed by atoms with Crippen LogP contribution >= 0.6 is 0 Å². The lowest BCUT2D eigenvalue weighted by Crippen LogP contribution is -1.66. The smallest absolute Gasteiger partial charge is 0.0536 e. The highest BCUT2D eigenvalue weighted by Crippen LogP contribution is 1.95. The Hall–Kier alpha value is -0.820. The van der Waals surface area contributed by atoms with Crippen molar-refractivity contribution in [1.29, 1.82) is 0 Å². The van der Waals surface area contributed by atoms with E-state index in [2.05, 4.69) is 13.8 Å². The summed E-state index contributed by atoms with van der Waals surface area (Å²) in [7, 11) is 0. The number of benzene rings is 1. The Kier molecular flexibility index (Phi) is 15.5. The first-order valence-electron chi connectivity index (χ1n) is 4.91. The summed E-state index contributed by atoms with van der Waals surface area (Å²) in [6.45, 7) is 4.46. The molecule has 0 fully saturated rings. The Morgan fingerprint density at radius 2 is 0.846 bits per heavy atom. The third-order valence-corrected chi connectivity index (χ3v) is 1.62. The molecule has 0 spiro atoms. The molecule has 2 N–H and O–H groups in total. The number of hydrogen-bond acceptors (Lipinski definition) is 0. The summed E-state index contributed by atoms with van der Waals surface area (Å²) in [4.78, 5) is 0. The molecule has 13 heavy (non-hydrogen) atoms. The Morgan fingerprint density at radius 3 is 1.00 bits per heavy atom. The highest BCUT2D eigenvalue weighted by Gasteiger charge is 1.75. The van der Waals surface area contributed by atoms with Crippen LogP contribution < -0.4 is 0 Å². The fraction of sp³-hybridized carbons (Fsp3) is 0.500. The van der Waals surface area contributed by atoms with Crippen LogP contribution in [0.15, 0.2) is 36.4 Å². The van der Waals surface area contributed by atoms with Crippen LogP contribution in [-0.2, 0) is 0 Å². The maximum absolute atomic E-state index is 2.23. The molecule has 1 heteroatoms. The first-order valence-corrected chi connectivity index (χ1v) is 4.91. The lowest BCUT2D eigenvalue weighted by atomic mass is 10.2. The predicted molar refractivity (Wildman–Crippen MR) is 59.9 cm³/mol. The van der Waals surface area contributed by atoms with E-state index in [0.717, 1.165) is 0 Å². The van der Waals surface area contributed by atoms with Gasteiger partial charge in [0.05, 0.1) is 0 Å². The monoisotopic (exact) mass is 182 g/mol. The van der Waals surface area contributed by atoms with Gasteiger partial charge in [0.2, 0.25) is 0 Å². The van der Waals surface area contributed by atoms with Crippen LogP contribution in [0.1, 0.15) is 39.5 Å². The molecule has 0 heterocycles. The summed E-state index contributed by atoms with van der Waals surface area (Å²) < 4.78 is 0. The van der Waals surface area contributed by atoms with E-state index in [-0.39, 0.29) is 5.48 Å². The Bertz CT molecular complexity index is 118. The zero-order chi connectivity index (χ0) is 9.07. The second-order valence-corrected chi connectivity index (χ2v) is 2.86. The largest absolute Gasteiger partial charge is 0.412 e. The fourth-order valence-electron chi connectivity index (χ4n) is 0.885. The summed E-state index contributed by atoms with van der Waals surface area (Å²) >= 11 is 0. The molecule has 0 amide bonds. The zero-order valence-corrected chi connectivity index (χ0v) is 8.79. The van der Waals surface area contributed by atoms with E-state index in [9.17, 15) is 0 Å². The van der Waals surface area contributed by atoms with Crippen LogP contribution in [0.5, 0.6) is 0 Å². The minimum atomic E-state index is 0. The maximum atomic E-state index is 2.23. The molecule has 0 saturated heterocycles. The predicted octanol–water partition coefficient (Wildman–Crippen LogP) is 3.45. The molecule has 1 aromatic rings. The van der Waals surface area contributed by atoms with Crippen LogP contribution in [0.25, 0.3) is 0 Å². The van der Waals surface area contributed by atoms with Gasteiger partial charge in [-0.1, -0.05) is 75.9 Å². The molecule has 0 bridgehead atoms. The number of hydrogen-bond donors (Lipinski definition) is 0. The molecule has 0 unspecified atom stereocenters. The molecule has 0 aliphatic carbocycles. The molecule has 0 aliphatic heterocycles. The van der Waals surface area contributed by atoms with Crippen molar-refractivity contribution in [3.05, 3.63) is 36.4 Å². The molecule has 0 saturated carbocycles. The van der Waals surface area contributed by atoms with E-state index >= 15 is 0 Å². The van der Waals surface area contributed by atoms with Crippen LogP contribution in [0.3, 0.4) is 0 Å². The molecular formula is C12H22O. The van der Waals surface area contributed by atoms with Crippen molar-refractivity contribution in [2.75, 3.05) is 0 Å². The normalized spacial score (nSPS) is 7.85. The second-order valence-electron chi connectivity index (χ2n) is 2.86. The molecule has 0 aromatic heterocycles. The van der Waals surface area contributed by atoms with Crippen molar-refractivity contribution >= 4 is 0 Å². The second kappa shape index (κ2) is 13.7. The van der Waals surface area contributed by atoms with E-state index in [1.54, 1.807) is 0 Å². The molecule has 1 nitrogen and oxygen atoms in total. The fourth-order valence-corrected chi connectivity index (χ4v) is 0.885. The lowest BCUT2D eigenvalue weighted by Gasteiger charge is -1.86. The van der Waals surface area contributed by atoms with Gasteiger partial charge in [0, 0.05) is 0 Å². The highest BCUT2D eigenvalue weighted by atomic mass is 16.0. The van der Waals surface area contributed by atoms with E-state index < -0.39 is 0 Å². The van der Waals surface area contributed by atoms with Gasteiger partial charge in [0.15, 0.2) is 0 Å². The van der Waals surface area contributed by atoms with Crippen molar-refractivity contribution in [3.63, 3.8) is 0 Å². The topological polar surface area (TPSA) is 31.5 Å². The van der Waals surface area contributed by atoms with Crippen LogP contribution in [0.4, 0.5) is 0 Å². The zero-order valence-electron chi connectivity index (χ0n) is 8.79. The Labute approximate surface area is 82.1 Å². The quantitative estimate of drug-likeness (QED) is 0.641. The van der Waals surface area contributed by atoms with Crippen LogP contribution in [0, 0.1) is 0 Å². The molecule has 1 rings (SSSR count). The molecule has 76 valence electrons.